The Hall–Kier alpha value is -1.29. The van der Waals surface area contributed by atoms with Crippen molar-refractivity contribution in [3.8, 4) is 5.88 Å². The third-order valence-corrected chi connectivity index (χ3v) is 3.46. The van der Waals surface area contributed by atoms with Gasteiger partial charge in [-0.25, -0.2) is 0 Å². The molecule has 0 spiro atoms. The first-order chi connectivity index (χ1) is 8.81. The van der Waals surface area contributed by atoms with Crippen LogP contribution < -0.4 is 15.0 Å². The number of hydrogen-bond acceptors (Lipinski definition) is 4. The van der Waals surface area contributed by atoms with Crippen molar-refractivity contribution >= 4 is 5.82 Å². The van der Waals surface area contributed by atoms with Gasteiger partial charge in [0.1, 0.15) is 5.82 Å². The summed E-state index contributed by atoms with van der Waals surface area (Å²) in [5.74, 6) is 1.72. The smallest absolute Gasteiger partial charge is 0.215 e. The van der Waals surface area contributed by atoms with Crippen molar-refractivity contribution in [2.75, 3.05) is 31.6 Å². The average Bonchev–Trinajstić information content (AvgIpc) is 2.67. The van der Waals surface area contributed by atoms with E-state index in [0.717, 1.165) is 18.9 Å². The molecule has 1 fully saturated rings. The molecule has 2 heterocycles. The van der Waals surface area contributed by atoms with Gasteiger partial charge in [0.25, 0.3) is 0 Å². The van der Waals surface area contributed by atoms with E-state index in [9.17, 15) is 0 Å². The quantitative estimate of drug-likeness (QED) is 0.886. The van der Waals surface area contributed by atoms with Crippen LogP contribution in [0.15, 0.2) is 18.2 Å². The molecule has 1 aliphatic heterocycles. The monoisotopic (exact) mass is 249 g/mol. The van der Waals surface area contributed by atoms with Gasteiger partial charge < -0.3 is 15.0 Å². The van der Waals surface area contributed by atoms with Gasteiger partial charge in [0, 0.05) is 19.2 Å². The lowest BCUT2D eigenvalue weighted by atomic mass is 10.1. The number of nitrogens with zero attached hydrogens (tertiary/aromatic N) is 2. The maximum Gasteiger partial charge on any atom is 0.215 e. The van der Waals surface area contributed by atoms with Crippen LogP contribution in [0.5, 0.6) is 5.88 Å². The molecule has 1 atom stereocenters. The Morgan fingerprint density at radius 2 is 2.28 bits per heavy atom. The molecular weight excluding hydrogens is 226 g/mol. The number of ether oxygens (including phenoxy) is 1. The SMILES string of the molecule is CCOc1cccc(N(C)C2CCCNCC2)n1. The van der Waals surface area contributed by atoms with Gasteiger partial charge in [0.2, 0.25) is 5.88 Å². The van der Waals surface area contributed by atoms with E-state index in [1.54, 1.807) is 0 Å². The number of hydrogen-bond donors (Lipinski definition) is 1. The number of aromatic nitrogens is 1. The Morgan fingerprint density at radius 3 is 3.11 bits per heavy atom. The highest BCUT2D eigenvalue weighted by Crippen LogP contribution is 2.20. The van der Waals surface area contributed by atoms with E-state index in [1.165, 1.54) is 19.3 Å². The summed E-state index contributed by atoms with van der Waals surface area (Å²) in [5, 5.41) is 3.44. The van der Waals surface area contributed by atoms with Gasteiger partial charge in [0.05, 0.1) is 6.61 Å². The van der Waals surface area contributed by atoms with Crippen LogP contribution in [0.25, 0.3) is 0 Å². The van der Waals surface area contributed by atoms with Gasteiger partial charge in [0.15, 0.2) is 0 Å². The molecule has 1 N–H and O–H groups in total. The zero-order valence-electron chi connectivity index (χ0n) is 11.4. The van der Waals surface area contributed by atoms with Gasteiger partial charge in [-0.3, -0.25) is 0 Å². The van der Waals surface area contributed by atoms with Gasteiger partial charge in [-0.05, 0) is 45.3 Å². The fourth-order valence-corrected chi connectivity index (χ4v) is 2.40. The van der Waals surface area contributed by atoms with Crippen molar-refractivity contribution in [3.05, 3.63) is 18.2 Å². The second kappa shape index (κ2) is 6.59. The molecule has 2 rings (SSSR count). The zero-order chi connectivity index (χ0) is 12.8. The summed E-state index contributed by atoms with van der Waals surface area (Å²) >= 11 is 0. The number of anilines is 1. The first-order valence-corrected chi connectivity index (χ1v) is 6.84. The van der Waals surface area contributed by atoms with Crippen LogP contribution in [0.4, 0.5) is 5.82 Å². The van der Waals surface area contributed by atoms with Crippen molar-refractivity contribution in [1.82, 2.24) is 10.3 Å². The molecule has 1 aliphatic rings. The van der Waals surface area contributed by atoms with Gasteiger partial charge >= 0.3 is 0 Å². The number of rotatable bonds is 4. The average molecular weight is 249 g/mol. The standard InChI is InChI=1S/C14H23N3O/c1-3-18-14-8-4-7-13(16-14)17(2)12-6-5-10-15-11-9-12/h4,7-8,12,15H,3,5-6,9-11H2,1-2H3. The van der Waals surface area contributed by atoms with Crippen molar-refractivity contribution < 1.29 is 4.74 Å². The summed E-state index contributed by atoms with van der Waals surface area (Å²) in [6.45, 7) is 4.87. The van der Waals surface area contributed by atoms with Crippen molar-refractivity contribution in [2.45, 2.75) is 32.2 Å². The van der Waals surface area contributed by atoms with Crippen LogP contribution in [0.3, 0.4) is 0 Å². The molecule has 0 saturated carbocycles. The molecule has 4 heteroatoms. The third-order valence-electron chi connectivity index (χ3n) is 3.46. The lowest BCUT2D eigenvalue weighted by Gasteiger charge is -2.28. The Labute approximate surface area is 109 Å². The fourth-order valence-electron chi connectivity index (χ4n) is 2.40. The minimum absolute atomic E-state index is 0.573. The first-order valence-electron chi connectivity index (χ1n) is 6.84. The van der Waals surface area contributed by atoms with Gasteiger partial charge in [-0.15, -0.1) is 0 Å². The van der Waals surface area contributed by atoms with E-state index >= 15 is 0 Å². The lowest BCUT2D eigenvalue weighted by molar-refractivity contribution is 0.327. The van der Waals surface area contributed by atoms with Gasteiger partial charge in [-0.2, -0.15) is 4.98 Å². The summed E-state index contributed by atoms with van der Waals surface area (Å²) in [5.41, 5.74) is 0. The van der Waals surface area contributed by atoms with Gasteiger partial charge in [-0.1, -0.05) is 6.07 Å². The topological polar surface area (TPSA) is 37.4 Å². The van der Waals surface area contributed by atoms with Crippen LogP contribution in [-0.2, 0) is 0 Å². The normalized spacial score (nSPS) is 20.2. The van der Waals surface area contributed by atoms with E-state index in [1.807, 2.05) is 19.1 Å². The second-order valence-corrected chi connectivity index (χ2v) is 4.71. The molecule has 100 valence electrons. The summed E-state index contributed by atoms with van der Waals surface area (Å²) in [4.78, 5) is 6.84. The second-order valence-electron chi connectivity index (χ2n) is 4.71. The van der Waals surface area contributed by atoms with Crippen LogP contribution in [0, 0.1) is 0 Å². The number of nitrogens with one attached hydrogen (secondary N) is 1. The van der Waals surface area contributed by atoms with Crippen molar-refractivity contribution in [3.63, 3.8) is 0 Å². The highest BCUT2D eigenvalue weighted by atomic mass is 16.5. The lowest BCUT2D eigenvalue weighted by Crippen LogP contribution is -2.33. The molecule has 0 bridgehead atoms. The zero-order valence-corrected chi connectivity index (χ0v) is 11.4. The summed E-state index contributed by atoms with van der Waals surface area (Å²) < 4.78 is 5.46. The summed E-state index contributed by atoms with van der Waals surface area (Å²) in [6, 6.07) is 6.55. The molecule has 1 unspecified atom stereocenters. The maximum absolute atomic E-state index is 5.46. The molecule has 0 radical (unpaired) electrons. The van der Waals surface area contributed by atoms with Crippen LogP contribution in [0.1, 0.15) is 26.2 Å². The molecule has 18 heavy (non-hydrogen) atoms. The van der Waals surface area contributed by atoms with Crippen LogP contribution in [-0.4, -0.2) is 37.8 Å². The van der Waals surface area contributed by atoms with E-state index in [-0.39, 0.29) is 0 Å². The minimum Gasteiger partial charge on any atom is -0.478 e. The highest BCUT2D eigenvalue weighted by Gasteiger charge is 2.18. The molecule has 0 amide bonds. The summed E-state index contributed by atoms with van der Waals surface area (Å²) in [7, 11) is 2.13. The minimum atomic E-state index is 0.573. The van der Waals surface area contributed by atoms with E-state index in [4.69, 9.17) is 4.74 Å². The van der Waals surface area contributed by atoms with Crippen molar-refractivity contribution in [1.29, 1.82) is 0 Å². The predicted octanol–water partition coefficient (Wildman–Crippen LogP) is 2.06. The Bertz CT molecular complexity index is 362. The fraction of sp³-hybridized carbons (Fsp3) is 0.643. The predicted molar refractivity (Wildman–Crippen MR) is 74.3 cm³/mol. The van der Waals surface area contributed by atoms with Crippen LogP contribution >= 0.6 is 0 Å². The third kappa shape index (κ3) is 3.35. The van der Waals surface area contributed by atoms with Crippen molar-refractivity contribution in [2.24, 2.45) is 0 Å². The maximum atomic E-state index is 5.46. The van der Waals surface area contributed by atoms with E-state index in [0.29, 0.717) is 18.5 Å². The van der Waals surface area contributed by atoms with E-state index in [2.05, 4.69) is 28.3 Å². The molecule has 0 aromatic carbocycles. The molecular formula is C14H23N3O. The molecule has 1 aromatic heterocycles. The molecule has 0 aliphatic carbocycles. The first kappa shape index (κ1) is 13.1. The Balaban J connectivity index is 2.06. The molecule has 1 saturated heterocycles. The Kier molecular flexibility index (Phi) is 4.81. The highest BCUT2D eigenvalue weighted by molar-refractivity contribution is 5.41. The molecule has 4 nitrogen and oxygen atoms in total. The largest absolute Gasteiger partial charge is 0.478 e. The summed E-state index contributed by atoms with van der Waals surface area (Å²) in [6.07, 6.45) is 3.64. The number of pyridine rings is 1. The Morgan fingerprint density at radius 1 is 1.39 bits per heavy atom. The van der Waals surface area contributed by atoms with E-state index < -0.39 is 0 Å². The van der Waals surface area contributed by atoms with Crippen LogP contribution in [0.2, 0.25) is 0 Å². The molecule has 1 aromatic rings.